The lowest BCUT2D eigenvalue weighted by Gasteiger charge is -2.21. The van der Waals surface area contributed by atoms with Gasteiger partial charge in [-0.1, -0.05) is 65.8 Å². The van der Waals surface area contributed by atoms with Crippen LogP contribution in [0.25, 0.3) is 0 Å². The van der Waals surface area contributed by atoms with Crippen molar-refractivity contribution in [3.63, 3.8) is 0 Å². The molecule has 2 rings (SSSR count). The summed E-state index contributed by atoms with van der Waals surface area (Å²) >= 11 is 0. The maximum absolute atomic E-state index is 12.4. The minimum Gasteiger partial charge on any atom is -0.325 e. The van der Waals surface area contributed by atoms with Gasteiger partial charge in [-0.2, -0.15) is 0 Å². The van der Waals surface area contributed by atoms with Crippen molar-refractivity contribution in [2.45, 2.75) is 75.7 Å². The summed E-state index contributed by atoms with van der Waals surface area (Å²) in [4.78, 5) is 24.8. The van der Waals surface area contributed by atoms with Crippen LogP contribution in [0.2, 0.25) is 0 Å². The number of benzene rings is 2. The second-order valence-corrected chi connectivity index (χ2v) is 10.8. The van der Waals surface area contributed by atoms with Crippen molar-refractivity contribution in [3.05, 3.63) is 57.6 Å². The quantitative estimate of drug-likeness (QED) is 0.592. The lowest BCUT2D eigenvalue weighted by atomic mass is 9.93. The number of amides is 2. The minimum absolute atomic E-state index is 0.0191. The summed E-state index contributed by atoms with van der Waals surface area (Å²) in [6.07, 6.45) is 0.796. The first-order valence-electron chi connectivity index (χ1n) is 10.9. The van der Waals surface area contributed by atoms with Gasteiger partial charge in [-0.3, -0.25) is 9.59 Å². The Hall–Kier alpha value is -2.62. The smallest absolute Gasteiger partial charge is 0.229 e. The van der Waals surface area contributed by atoms with Crippen LogP contribution in [0.4, 0.5) is 11.4 Å². The van der Waals surface area contributed by atoms with Gasteiger partial charge in [-0.25, -0.2) is 0 Å². The first-order chi connectivity index (χ1) is 14.1. The van der Waals surface area contributed by atoms with Gasteiger partial charge in [0.2, 0.25) is 11.8 Å². The van der Waals surface area contributed by atoms with E-state index in [-0.39, 0.29) is 11.8 Å². The largest absolute Gasteiger partial charge is 0.325 e. The van der Waals surface area contributed by atoms with E-state index in [1.54, 1.807) is 0 Å². The van der Waals surface area contributed by atoms with Crippen molar-refractivity contribution < 1.29 is 9.59 Å². The van der Waals surface area contributed by atoms with E-state index in [0.29, 0.717) is 0 Å². The molecule has 168 valence electrons. The van der Waals surface area contributed by atoms with Gasteiger partial charge >= 0.3 is 0 Å². The molecule has 0 aliphatic carbocycles. The number of aryl methyl sites for hydroxylation is 4. The Morgan fingerprint density at radius 2 is 0.871 bits per heavy atom. The third kappa shape index (κ3) is 6.19. The van der Waals surface area contributed by atoms with E-state index in [1.807, 2.05) is 69.2 Å². The highest BCUT2D eigenvalue weighted by molar-refractivity contribution is 5.96. The average molecular weight is 423 g/mol. The third-order valence-corrected chi connectivity index (χ3v) is 5.43. The fourth-order valence-electron chi connectivity index (χ4n) is 3.54. The molecule has 2 amide bonds. The number of carbonyl (C=O) groups is 2. The number of hydrogen-bond donors (Lipinski definition) is 2. The molecule has 2 aromatic carbocycles. The molecule has 0 saturated heterocycles. The number of hydrogen-bond acceptors (Lipinski definition) is 2. The Labute approximate surface area is 187 Å². The molecule has 0 saturated carbocycles. The van der Waals surface area contributed by atoms with Crippen LogP contribution in [0.1, 0.15) is 74.9 Å². The molecule has 2 N–H and O–H groups in total. The Morgan fingerprint density at radius 1 is 0.613 bits per heavy atom. The van der Waals surface area contributed by atoms with Crippen LogP contribution in [0, 0.1) is 38.5 Å². The van der Waals surface area contributed by atoms with E-state index in [0.717, 1.165) is 40.0 Å². The van der Waals surface area contributed by atoms with Crippen molar-refractivity contribution in [1.82, 2.24) is 0 Å². The van der Waals surface area contributed by atoms with Crippen LogP contribution >= 0.6 is 0 Å². The number of nitrogens with one attached hydrogen (secondary N) is 2. The zero-order chi connectivity index (χ0) is 23.7. The maximum atomic E-state index is 12.4. The van der Waals surface area contributed by atoms with Crippen molar-refractivity contribution in [2.24, 2.45) is 10.8 Å². The fraction of sp³-hybridized carbons (Fsp3) is 0.481. The molecule has 0 spiro atoms. The SMILES string of the molecule is Cc1cc(Cc2cc(C)c(NC(=O)C(C)(C)C)c(C)c2)cc(C)c1NC(=O)C(C)(C)C. The molecular formula is C27H38N2O2. The van der Waals surface area contributed by atoms with E-state index in [1.165, 1.54) is 11.1 Å². The van der Waals surface area contributed by atoms with Crippen LogP contribution in [0.15, 0.2) is 24.3 Å². The van der Waals surface area contributed by atoms with Gasteiger partial charge in [-0.15, -0.1) is 0 Å². The monoisotopic (exact) mass is 422 g/mol. The zero-order valence-corrected chi connectivity index (χ0v) is 20.8. The highest BCUT2D eigenvalue weighted by Gasteiger charge is 2.23. The molecule has 2 aromatic rings. The van der Waals surface area contributed by atoms with Crippen LogP contribution in [-0.2, 0) is 16.0 Å². The number of anilines is 2. The molecule has 4 nitrogen and oxygen atoms in total. The fourth-order valence-corrected chi connectivity index (χ4v) is 3.54. The van der Waals surface area contributed by atoms with Gasteiger partial charge in [-0.05, 0) is 67.5 Å². The molecule has 31 heavy (non-hydrogen) atoms. The molecule has 0 fully saturated rings. The Balaban J connectivity index is 2.27. The summed E-state index contributed by atoms with van der Waals surface area (Å²) in [5.74, 6) is 0.0381. The maximum Gasteiger partial charge on any atom is 0.229 e. The van der Waals surface area contributed by atoms with E-state index in [4.69, 9.17) is 0 Å². The van der Waals surface area contributed by atoms with E-state index in [2.05, 4.69) is 34.9 Å². The van der Waals surface area contributed by atoms with E-state index >= 15 is 0 Å². The van der Waals surface area contributed by atoms with Gasteiger partial charge in [0.05, 0.1) is 0 Å². The molecule has 0 atom stereocenters. The van der Waals surface area contributed by atoms with Crippen molar-refractivity contribution >= 4 is 23.2 Å². The van der Waals surface area contributed by atoms with Crippen LogP contribution in [0.5, 0.6) is 0 Å². The van der Waals surface area contributed by atoms with Crippen LogP contribution in [0.3, 0.4) is 0 Å². The average Bonchev–Trinajstić information content (AvgIpc) is 2.59. The van der Waals surface area contributed by atoms with Crippen molar-refractivity contribution in [3.8, 4) is 0 Å². The Morgan fingerprint density at radius 3 is 1.10 bits per heavy atom. The highest BCUT2D eigenvalue weighted by atomic mass is 16.2. The first kappa shape index (κ1) is 24.6. The number of carbonyl (C=O) groups excluding carboxylic acids is 2. The minimum atomic E-state index is -0.434. The topological polar surface area (TPSA) is 58.2 Å². The molecule has 0 heterocycles. The standard InChI is InChI=1S/C27H38N2O2/c1-16-11-20(12-17(2)22(16)28-24(30)26(5,6)7)15-21-13-18(3)23(19(4)14-21)29-25(31)27(8,9)10/h11-14H,15H2,1-10H3,(H,28,30)(H,29,31). The molecule has 0 aromatic heterocycles. The first-order valence-corrected chi connectivity index (χ1v) is 10.9. The van der Waals surface area contributed by atoms with Gasteiger partial charge in [0.15, 0.2) is 0 Å². The predicted molar refractivity (Wildman–Crippen MR) is 131 cm³/mol. The molecule has 0 bridgehead atoms. The molecule has 0 aliphatic heterocycles. The second kappa shape index (κ2) is 8.86. The van der Waals surface area contributed by atoms with Gasteiger partial charge < -0.3 is 10.6 Å². The Bertz CT molecular complexity index is 877. The second-order valence-electron chi connectivity index (χ2n) is 10.8. The molecule has 0 unspecified atom stereocenters. The Kier molecular flexibility index (Phi) is 7.04. The molecule has 4 heteroatoms. The van der Waals surface area contributed by atoms with Crippen LogP contribution < -0.4 is 10.6 Å². The summed E-state index contributed by atoms with van der Waals surface area (Å²) in [6.45, 7) is 19.7. The van der Waals surface area contributed by atoms with Gasteiger partial charge in [0.1, 0.15) is 0 Å². The lowest BCUT2D eigenvalue weighted by Crippen LogP contribution is -2.28. The predicted octanol–water partition coefficient (Wildman–Crippen LogP) is 6.48. The van der Waals surface area contributed by atoms with Crippen molar-refractivity contribution in [1.29, 1.82) is 0 Å². The van der Waals surface area contributed by atoms with E-state index < -0.39 is 10.8 Å². The molecular weight excluding hydrogens is 384 g/mol. The van der Waals surface area contributed by atoms with Crippen LogP contribution in [-0.4, -0.2) is 11.8 Å². The summed E-state index contributed by atoms with van der Waals surface area (Å²) in [5, 5.41) is 6.17. The lowest BCUT2D eigenvalue weighted by molar-refractivity contribution is -0.123. The summed E-state index contributed by atoms with van der Waals surface area (Å²) in [5.41, 5.74) is 7.60. The van der Waals surface area contributed by atoms with E-state index in [9.17, 15) is 9.59 Å². The van der Waals surface area contributed by atoms with Gasteiger partial charge in [0, 0.05) is 22.2 Å². The number of rotatable bonds is 4. The zero-order valence-electron chi connectivity index (χ0n) is 20.8. The third-order valence-electron chi connectivity index (χ3n) is 5.43. The summed E-state index contributed by atoms with van der Waals surface area (Å²) in [6, 6.07) is 8.58. The normalized spacial score (nSPS) is 11.9. The molecule has 0 aliphatic rings. The summed E-state index contributed by atoms with van der Waals surface area (Å²) in [7, 11) is 0. The summed E-state index contributed by atoms with van der Waals surface area (Å²) < 4.78 is 0. The van der Waals surface area contributed by atoms with Gasteiger partial charge in [0.25, 0.3) is 0 Å². The highest BCUT2D eigenvalue weighted by Crippen LogP contribution is 2.29. The van der Waals surface area contributed by atoms with Crippen molar-refractivity contribution in [2.75, 3.05) is 10.6 Å². The molecule has 0 radical (unpaired) electrons.